The summed E-state index contributed by atoms with van der Waals surface area (Å²) in [5.41, 5.74) is 1.33. The Morgan fingerprint density at radius 3 is 2.86 bits per heavy atom. The first-order valence-electron chi connectivity index (χ1n) is 4.64. The van der Waals surface area contributed by atoms with E-state index in [-0.39, 0.29) is 6.61 Å². The number of aliphatic hydroxyl groups excluding tert-OH is 1. The molecule has 1 heterocycles. The second kappa shape index (κ2) is 5.85. The van der Waals surface area contributed by atoms with E-state index < -0.39 is 0 Å². The molecule has 80 valence electrons. The minimum atomic E-state index is 0.262. The molecule has 0 aliphatic rings. The SMILES string of the molecule is CC(CO)CN(C)Cc1csc(Br)c1. The minimum absolute atomic E-state index is 0.262. The lowest BCUT2D eigenvalue weighted by Crippen LogP contribution is -2.25. The van der Waals surface area contributed by atoms with Crippen LogP contribution in [0.1, 0.15) is 12.5 Å². The molecule has 0 aliphatic heterocycles. The molecule has 14 heavy (non-hydrogen) atoms. The van der Waals surface area contributed by atoms with Crippen molar-refractivity contribution in [2.75, 3.05) is 20.2 Å². The van der Waals surface area contributed by atoms with E-state index in [1.54, 1.807) is 11.3 Å². The van der Waals surface area contributed by atoms with E-state index in [0.29, 0.717) is 5.92 Å². The predicted octanol–water partition coefficient (Wildman–Crippen LogP) is 2.57. The van der Waals surface area contributed by atoms with Crippen molar-refractivity contribution < 1.29 is 5.11 Å². The molecule has 0 fully saturated rings. The van der Waals surface area contributed by atoms with Crippen molar-refractivity contribution in [2.45, 2.75) is 13.5 Å². The van der Waals surface area contributed by atoms with Gasteiger partial charge in [-0.05, 0) is 45.9 Å². The van der Waals surface area contributed by atoms with Crippen molar-refractivity contribution >= 4 is 27.3 Å². The Labute approximate surface area is 97.7 Å². The molecule has 0 aliphatic carbocycles. The Kier molecular flexibility index (Phi) is 5.09. The summed E-state index contributed by atoms with van der Waals surface area (Å²) in [7, 11) is 2.08. The van der Waals surface area contributed by atoms with Gasteiger partial charge in [0.15, 0.2) is 0 Å². The Morgan fingerprint density at radius 2 is 2.36 bits per heavy atom. The van der Waals surface area contributed by atoms with E-state index in [4.69, 9.17) is 5.11 Å². The lowest BCUT2D eigenvalue weighted by molar-refractivity contribution is 0.188. The first-order chi connectivity index (χ1) is 6.61. The van der Waals surface area contributed by atoms with E-state index >= 15 is 0 Å². The average molecular weight is 278 g/mol. The summed E-state index contributed by atoms with van der Waals surface area (Å²) in [5.74, 6) is 0.349. The van der Waals surface area contributed by atoms with E-state index in [2.05, 4.69) is 46.2 Å². The molecule has 0 aromatic carbocycles. The average Bonchev–Trinajstić information content (AvgIpc) is 2.50. The third-order valence-corrected chi connectivity index (χ3v) is 3.56. The van der Waals surface area contributed by atoms with Gasteiger partial charge >= 0.3 is 0 Å². The Balaban J connectivity index is 2.37. The molecule has 0 amide bonds. The molecule has 0 spiro atoms. The highest BCUT2D eigenvalue weighted by Gasteiger charge is 2.06. The maximum atomic E-state index is 8.92. The predicted molar refractivity (Wildman–Crippen MR) is 64.6 cm³/mol. The molecule has 1 atom stereocenters. The highest BCUT2D eigenvalue weighted by molar-refractivity contribution is 9.11. The van der Waals surface area contributed by atoms with Crippen molar-refractivity contribution in [3.63, 3.8) is 0 Å². The third-order valence-electron chi connectivity index (χ3n) is 2.01. The lowest BCUT2D eigenvalue weighted by atomic mass is 10.2. The van der Waals surface area contributed by atoms with Crippen LogP contribution in [0.4, 0.5) is 0 Å². The molecule has 1 aromatic rings. The fraction of sp³-hybridized carbons (Fsp3) is 0.600. The molecule has 0 saturated heterocycles. The molecule has 0 radical (unpaired) electrons. The summed E-state index contributed by atoms with van der Waals surface area (Å²) < 4.78 is 1.18. The summed E-state index contributed by atoms with van der Waals surface area (Å²) in [6.45, 7) is 4.20. The first-order valence-corrected chi connectivity index (χ1v) is 6.31. The zero-order valence-corrected chi connectivity index (χ0v) is 10.9. The molecule has 1 N–H and O–H groups in total. The molecule has 4 heteroatoms. The topological polar surface area (TPSA) is 23.5 Å². The van der Waals surface area contributed by atoms with E-state index in [1.165, 1.54) is 9.35 Å². The largest absolute Gasteiger partial charge is 0.396 e. The van der Waals surface area contributed by atoms with Crippen LogP contribution in [-0.2, 0) is 6.54 Å². The molecular formula is C10H16BrNOS. The number of nitrogens with zero attached hydrogens (tertiary/aromatic N) is 1. The van der Waals surface area contributed by atoms with E-state index in [1.807, 2.05) is 0 Å². The fourth-order valence-electron chi connectivity index (χ4n) is 1.39. The maximum absolute atomic E-state index is 8.92. The van der Waals surface area contributed by atoms with Crippen molar-refractivity contribution in [1.29, 1.82) is 0 Å². The molecule has 2 nitrogen and oxygen atoms in total. The van der Waals surface area contributed by atoms with Crippen LogP contribution in [0, 0.1) is 5.92 Å². The third kappa shape index (κ3) is 4.09. The molecule has 0 saturated carbocycles. The zero-order chi connectivity index (χ0) is 10.6. The summed E-state index contributed by atoms with van der Waals surface area (Å²) in [5, 5.41) is 11.1. The van der Waals surface area contributed by atoms with E-state index in [9.17, 15) is 0 Å². The van der Waals surface area contributed by atoms with Crippen LogP contribution < -0.4 is 0 Å². The van der Waals surface area contributed by atoms with Gasteiger partial charge in [0, 0.05) is 19.7 Å². The number of halogens is 1. The molecule has 1 rings (SSSR count). The summed E-state index contributed by atoms with van der Waals surface area (Å²) >= 11 is 5.16. The van der Waals surface area contributed by atoms with Crippen LogP contribution in [0.5, 0.6) is 0 Å². The van der Waals surface area contributed by atoms with Gasteiger partial charge in [0.1, 0.15) is 0 Å². The zero-order valence-electron chi connectivity index (χ0n) is 8.53. The van der Waals surface area contributed by atoms with Crippen molar-refractivity contribution in [3.8, 4) is 0 Å². The second-order valence-electron chi connectivity index (χ2n) is 3.74. The number of hydrogen-bond acceptors (Lipinski definition) is 3. The number of hydrogen-bond donors (Lipinski definition) is 1. The van der Waals surface area contributed by atoms with Gasteiger partial charge in [0.25, 0.3) is 0 Å². The standard InChI is InChI=1S/C10H16BrNOS/c1-8(6-13)4-12(2)5-9-3-10(11)14-7-9/h3,7-8,13H,4-6H2,1-2H3. The van der Waals surface area contributed by atoms with Crippen LogP contribution in [-0.4, -0.2) is 30.2 Å². The molecular weight excluding hydrogens is 262 g/mol. The summed E-state index contributed by atoms with van der Waals surface area (Å²) in [6.07, 6.45) is 0. The van der Waals surface area contributed by atoms with Gasteiger partial charge in [-0.1, -0.05) is 6.92 Å². The summed E-state index contributed by atoms with van der Waals surface area (Å²) in [4.78, 5) is 2.23. The summed E-state index contributed by atoms with van der Waals surface area (Å²) in [6, 6.07) is 2.14. The van der Waals surface area contributed by atoms with Crippen molar-refractivity contribution in [3.05, 3.63) is 20.8 Å². The lowest BCUT2D eigenvalue weighted by Gasteiger charge is -2.19. The van der Waals surface area contributed by atoms with Gasteiger partial charge in [-0.2, -0.15) is 0 Å². The van der Waals surface area contributed by atoms with Crippen LogP contribution in [0.15, 0.2) is 15.2 Å². The van der Waals surface area contributed by atoms with Gasteiger partial charge in [-0.3, -0.25) is 0 Å². The highest BCUT2D eigenvalue weighted by atomic mass is 79.9. The molecule has 1 aromatic heterocycles. The smallest absolute Gasteiger partial charge is 0.0701 e. The van der Waals surface area contributed by atoms with Gasteiger partial charge in [0.2, 0.25) is 0 Å². The van der Waals surface area contributed by atoms with Crippen LogP contribution >= 0.6 is 27.3 Å². The van der Waals surface area contributed by atoms with Crippen molar-refractivity contribution in [2.24, 2.45) is 5.92 Å². The van der Waals surface area contributed by atoms with Gasteiger partial charge < -0.3 is 10.0 Å². The monoisotopic (exact) mass is 277 g/mol. The second-order valence-corrected chi connectivity index (χ2v) is 6.03. The van der Waals surface area contributed by atoms with Crippen molar-refractivity contribution in [1.82, 2.24) is 4.90 Å². The quantitative estimate of drug-likeness (QED) is 0.894. The first kappa shape index (κ1) is 12.2. The normalized spacial score (nSPS) is 13.5. The van der Waals surface area contributed by atoms with Gasteiger partial charge in [-0.25, -0.2) is 0 Å². The van der Waals surface area contributed by atoms with Gasteiger partial charge in [0.05, 0.1) is 3.79 Å². The Bertz CT molecular complexity index is 277. The van der Waals surface area contributed by atoms with Crippen LogP contribution in [0.2, 0.25) is 0 Å². The van der Waals surface area contributed by atoms with E-state index in [0.717, 1.165) is 13.1 Å². The molecule has 1 unspecified atom stereocenters. The number of aliphatic hydroxyl groups is 1. The Hall–Kier alpha value is 0.100. The van der Waals surface area contributed by atoms with Gasteiger partial charge in [-0.15, -0.1) is 11.3 Å². The maximum Gasteiger partial charge on any atom is 0.0701 e. The highest BCUT2D eigenvalue weighted by Crippen LogP contribution is 2.21. The Morgan fingerprint density at radius 1 is 1.64 bits per heavy atom. The fourth-order valence-corrected chi connectivity index (χ4v) is 2.60. The van der Waals surface area contributed by atoms with Crippen LogP contribution in [0.25, 0.3) is 0 Å². The minimum Gasteiger partial charge on any atom is -0.396 e. The molecule has 0 bridgehead atoms. The number of rotatable bonds is 5. The number of thiophene rings is 1. The van der Waals surface area contributed by atoms with Crippen LogP contribution in [0.3, 0.4) is 0 Å².